The van der Waals surface area contributed by atoms with Crippen LogP contribution in [0, 0.1) is 19.8 Å². The molecule has 0 bridgehead atoms. The van der Waals surface area contributed by atoms with E-state index in [0.717, 1.165) is 77.1 Å². The first-order chi connectivity index (χ1) is 22.2. The molecule has 0 atom stereocenters. The molecule has 0 saturated carbocycles. The molecule has 0 unspecified atom stereocenters. The molecule has 2 aromatic rings. The van der Waals surface area contributed by atoms with Gasteiger partial charge in [0, 0.05) is 50.7 Å². The molecule has 0 amide bonds. The standard InChI is InChI=1S/C20H30N4.C8H11N2O.C7H15.C2H6.CH3.CH2.V/c1-16(2)10-13-24-15-14-23(17(24)3)12-5-7-19-9-8-18-6-4-11-21-20(18)22-19;9-5-3-7-11-8-4-1-2-6-10-8;1-5-7(3,4)6-2;1-2;;;/h8-9H,1,3-7,10-15H2,2H3,(H,21,22);1-2,4,6,9H,3,5,7H2;1,5-6H2,2-4H3;1-2H3;1H3;1H2;/q;2*-1;;-1;;. The summed E-state index contributed by atoms with van der Waals surface area (Å²) in [5.74, 6) is 2.92. The van der Waals surface area contributed by atoms with Gasteiger partial charge in [-0.1, -0.05) is 70.7 Å². The largest absolute Gasteiger partial charge is 0.677 e. The summed E-state index contributed by atoms with van der Waals surface area (Å²) < 4.78 is 5.22. The van der Waals surface area contributed by atoms with Gasteiger partial charge in [-0.05, 0) is 63.1 Å². The molecular weight excluding hydrogens is 619 g/mol. The van der Waals surface area contributed by atoms with Gasteiger partial charge in [0.15, 0.2) is 0 Å². The predicted molar refractivity (Wildman–Crippen MR) is 204 cm³/mol. The Hall–Kier alpha value is -2.61. The first-order valence-corrected chi connectivity index (χ1v) is 18.0. The number of fused-ring (bicyclic) bond motifs is 1. The van der Waals surface area contributed by atoms with Crippen molar-refractivity contribution in [3.63, 3.8) is 0 Å². The van der Waals surface area contributed by atoms with Crippen LogP contribution < -0.4 is 10.1 Å². The first kappa shape index (κ1) is 46.5. The number of hydrogen-bond acceptors (Lipinski definition) is 6. The molecule has 0 aromatic carbocycles. The zero-order valence-corrected chi connectivity index (χ0v) is 32.4. The van der Waals surface area contributed by atoms with Gasteiger partial charge in [0.2, 0.25) is 5.88 Å². The number of nitrogens with one attached hydrogen (secondary N) is 2. The minimum atomic E-state index is 0. The molecule has 0 spiro atoms. The average Bonchev–Trinajstić information content (AvgIpc) is 3.45. The maximum atomic E-state index is 6.87. The van der Waals surface area contributed by atoms with Crippen LogP contribution in [0.2, 0.25) is 0 Å². The van der Waals surface area contributed by atoms with Gasteiger partial charge in [0.1, 0.15) is 5.82 Å². The van der Waals surface area contributed by atoms with Crippen molar-refractivity contribution in [2.75, 3.05) is 51.2 Å². The van der Waals surface area contributed by atoms with Crippen molar-refractivity contribution in [2.24, 2.45) is 5.41 Å². The molecule has 47 heavy (non-hydrogen) atoms. The van der Waals surface area contributed by atoms with Gasteiger partial charge in [-0.25, -0.2) is 9.97 Å². The monoisotopic (exact) mass is 686 g/mol. The van der Waals surface area contributed by atoms with Gasteiger partial charge >= 0.3 is 22.2 Å². The number of rotatable bonds is 13. The van der Waals surface area contributed by atoms with Gasteiger partial charge in [-0.2, -0.15) is 6.42 Å². The smallest absolute Gasteiger partial charge is 0.213 e. The van der Waals surface area contributed by atoms with Crippen LogP contribution in [0.3, 0.4) is 0 Å². The Morgan fingerprint density at radius 2 is 1.79 bits per heavy atom. The fraction of sp³-hybridized carbons (Fsp3) is 0.564. The second kappa shape index (κ2) is 28.4. The van der Waals surface area contributed by atoms with Crippen LogP contribution in [0.5, 0.6) is 5.88 Å². The third-order valence-electron chi connectivity index (χ3n) is 7.83. The molecule has 1 saturated heterocycles. The Morgan fingerprint density at radius 3 is 2.34 bits per heavy atom. The van der Waals surface area contributed by atoms with Crippen molar-refractivity contribution >= 4 is 11.1 Å². The molecule has 267 valence electrons. The minimum Gasteiger partial charge on any atom is -0.677 e. The fourth-order valence-corrected chi connectivity index (χ4v) is 4.32. The van der Waals surface area contributed by atoms with Crippen LogP contribution in [0.15, 0.2) is 61.1 Å². The van der Waals surface area contributed by atoms with E-state index in [1.807, 2.05) is 32.0 Å². The molecular formula is C39H67N6OV-3. The molecule has 2 aromatic heterocycles. The molecule has 8 heteroatoms. The predicted octanol–water partition coefficient (Wildman–Crippen LogP) is 9.42. The summed E-state index contributed by atoms with van der Waals surface area (Å²) in [6.07, 6.45) is 10.3. The second-order valence-electron chi connectivity index (χ2n) is 11.9. The quantitative estimate of drug-likeness (QED) is 0.129. The Morgan fingerprint density at radius 1 is 1.11 bits per heavy atom. The Balaban J connectivity index is 0. The number of ether oxygens (including phenoxy) is 1. The average molecular weight is 687 g/mol. The molecule has 2 aliphatic rings. The van der Waals surface area contributed by atoms with E-state index in [9.17, 15) is 0 Å². The number of pyridine rings is 2. The maximum absolute atomic E-state index is 6.87. The van der Waals surface area contributed by atoms with Crippen molar-refractivity contribution < 1.29 is 21.7 Å². The van der Waals surface area contributed by atoms with Gasteiger partial charge in [0.25, 0.3) is 0 Å². The van der Waals surface area contributed by atoms with Crippen molar-refractivity contribution in [3.05, 3.63) is 92.4 Å². The molecule has 7 nitrogen and oxygen atoms in total. The summed E-state index contributed by atoms with van der Waals surface area (Å²) in [5.41, 5.74) is 11.2. The van der Waals surface area contributed by atoms with Crippen LogP contribution in [-0.2, 0) is 29.8 Å². The summed E-state index contributed by atoms with van der Waals surface area (Å²) in [4.78, 5) is 13.6. The maximum Gasteiger partial charge on any atom is 0.213 e. The number of nitrogens with zero attached hydrogens (tertiary/aromatic N) is 4. The van der Waals surface area contributed by atoms with Crippen LogP contribution in [-0.4, -0.2) is 70.9 Å². The van der Waals surface area contributed by atoms with E-state index in [4.69, 9.17) is 15.5 Å². The molecule has 2 N–H and O–H groups in total. The van der Waals surface area contributed by atoms with Crippen molar-refractivity contribution in [1.82, 2.24) is 19.8 Å². The van der Waals surface area contributed by atoms with Gasteiger partial charge < -0.3 is 39.9 Å². The first-order valence-electron chi connectivity index (χ1n) is 17.0. The number of aromatic nitrogens is 2. The van der Waals surface area contributed by atoms with Gasteiger partial charge in [-0.15, -0.1) is 13.1 Å². The summed E-state index contributed by atoms with van der Waals surface area (Å²) >= 11 is 2.06. The van der Waals surface area contributed by atoms with Crippen LogP contribution in [0.4, 0.5) is 5.82 Å². The van der Waals surface area contributed by atoms with E-state index < -0.39 is 0 Å². The Bertz CT molecular complexity index is 1070. The zero-order valence-electron chi connectivity index (χ0n) is 31.0. The molecule has 4 heterocycles. The Labute approximate surface area is 299 Å². The summed E-state index contributed by atoms with van der Waals surface area (Å²) in [5, 5.41) is 6.61. The van der Waals surface area contributed by atoms with Gasteiger partial charge in [-0.3, -0.25) is 0 Å². The SMILES string of the molecule is C=C(C)CCN1CCN(CCCc2ccc3c(n2)NCCC3)C1=C.CC.[CH2-]CC(C)(C)CC.[CH2]=[V].[CH3-].[NH-]CCCOc1ccccn1. The van der Waals surface area contributed by atoms with Crippen molar-refractivity contribution in [1.29, 1.82) is 0 Å². The van der Waals surface area contributed by atoms with E-state index in [0.29, 0.717) is 24.4 Å². The van der Waals surface area contributed by atoms with E-state index in [1.165, 1.54) is 35.5 Å². The molecule has 0 aliphatic carbocycles. The molecule has 2 aliphatic heterocycles. The summed E-state index contributed by atoms with van der Waals surface area (Å²) in [6.45, 7) is 31.2. The summed E-state index contributed by atoms with van der Waals surface area (Å²) in [7, 11) is 0. The van der Waals surface area contributed by atoms with E-state index in [1.54, 1.807) is 6.20 Å². The zero-order chi connectivity index (χ0) is 34.8. The summed E-state index contributed by atoms with van der Waals surface area (Å²) in [6, 6.07) is 9.98. The van der Waals surface area contributed by atoms with Crippen molar-refractivity contribution in [2.45, 2.75) is 92.9 Å². The minimum absolute atomic E-state index is 0. The van der Waals surface area contributed by atoms with E-state index >= 15 is 0 Å². The normalized spacial score (nSPS) is 12.9. The number of hydrogen-bond donors (Lipinski definition) is 1. The van der Waals surface area contributed by atoms with Crippen molar-refractivity contribution in [3.8, 4) is 5.88 Å². The van der Waals surface area contributed by atoms with Crippen LogP contribution in [0.1, 0.15) is 91.3 Å². The molecule has 0 radical (unpaired) electrons. The number of aryl methyl sites for hydroxylation is 2. The third-order valence-corrected chi connectivity index (χ3v) is 7.83. The van der Waals surface area contributed by atoms with E-state index in [-0.39, 0.29) is 7.43 Å². The molecule has 4 rings (SSSR count). The second-order valence-corrected chi connectivity index (χ2v) is 11.9. The van der Waals surface area contributed by atoms with E-state index in [2.05, 4.69) is 102 Å². The number of anilines is 1. The topological polar surface area (TPSA) is 77.3 Å². The third kappa shape index (κ3) is 20.4. The van der Waals surface area contributed by atoms with Gasteiger partial charge in [0.05, 0.1) is 12.4 Å². The Kier molecular flexibility index (Phi) is 28.1. The van der Waals surface area contributed by atoms with Crippen LogP contribution in [0.25, 0.3) is 5.73 Å². The van der Waals surface area contributed by atoms with Crippen LogP contribution >= 0.6 is 0 Å². The fourth-order valence-electron chi connectivity index (χ4n) is 4.32. The molecule has 1 fully saturated rings.